The summed E-state index contributed by atoms with van der Waals surface area (Å²) < 4.78 is 5.14. The quantitative estimate of drug-likeness (QED) is 0.463. The number of furan rings is 1. The topological polar surface area (TPSA) is 105 Å². The van der Waals surface area contributed by atoms with E-state index < -0.39 is 0 Å². The second-order valence-corrected chi connectivity index (χ2v) is 8.02. The van der Waals surface area contributed by atoms with E-state index in [4.69, 9.17) is 4.42 Å². The van der Waals surface area contributed by atoms with Crippen LogP contribution in [0.5, 0.6) is 0 Å². The van der Waals surface area contributed by atoms with E-state index in [-0.39, 0.29) is 36.4 Å². The molecule has 32 heavy (non-hydrogen) atoms. The number of nitrogens with one attached hydrogen (secondary N) is 2. The summed E-state index contributed by atoms with van der Waals surface area (Å²) in [6.07, 6.45) is 3.03. The lowest BCUT2D eigenvalue weighted by atomic mass is 10.1. The van der Waals surface area contributed by atoms with Crippen molar-refractivity contribution in [1.82, 2.24) is 15.2 Å². The van der Waals surface area contributed by atoms with E-state index in [1.807, 2.05) is 37.3 Å². The molecule has 2 heterocycles. The van der Waals surface area contributed by atoms with Crippen LogP contribution in [0.4, 0.5) is 5.13 Å². The van der Waals surface area contributed by atoms with Gasteiger partial charge in [-0.25, -0.2) is 4.98 Å². The van der Waals surface area contributed by atoms with Crippen molar-refractivity contribution < 1.29 is 18.8 Å². The fraction of sp³-hybridized carbons (Fsp3) is 0.304. The highest BCUT2D eigenvalue weighted by Gasteiger charge is 2.21. The van der Waals surface area contributed by atoms with Crippen LogP contribution < -0.4 is 10.6 Å². The van der Waals surface area contributed by atoms with Gasteiger partial charge in [0.25, 0.3) is 5.91 Å². The first kappa shape index (κ1) is 23.2. The van der Waals surface area contributed by atoms with Crippen molar-refractivity contribution in [3.63, 3.8) is 0 Å². The molecule has 168 valence electrons. The number of benzene rings is 1. The SMILES string of the molecule is CCCN(CC(=O)Nc1nc(CC(=O)NCCc2ccccc2)cs1)C(=O)c1ccco1. The van der Waals surface area contributed by atoms with Crippen LogP contribution in [0.2, 0.25) is 0 Å². The number of amides is 3. The van der Waals surface area contributed by atoms with Crippen molar-refractivity contribution in [2.75, 3.05) is 25.0 Å². The average Bonchev–Trinajstić information content (AvgIpc) is 3.46. The molecular weight excluding hydrogens is 428 g/mol. The third kappa shape index (κ3) is 7.05. The zero-order valence-electron chi connectivity index (χ0n) is 17.9. The number of rotatable bonds is 11. The summed E-state index contributed by atoms with van der Waals surface area (Å²) >= 11 is 1.24. The third-order valence-corrected chi connectivity index (χ3v) is 5.37. The molecule has 0 atom stereocenters. The zero-order chi connectivity index (χ0) is 22.8. The first-order chi connectivity index (χ1) is 15.5. The van der Waals surface area contributed by atoms with Gasteiger partial charge in [0, 0.05) is 18.5 Å². The van der Waals surface area contributed by atoms with Crippen LogP contribution in [0.1, 0.15) is 35.2 Å². The average molecular weight is 455 g/mol. The second-order valence-electron chi connectivity index (χ2n) is 7.16. The fourth-order valence-electron chi connectivity index (χ4n) is 3.07. The molecule has 2 N–H and O–H groups in total. The number of thiazole rings is 1. The molecule has 8 nitrogen and oxygen atoms in total. The summed E-state index contributed by atoms with van der Waals surface area (Å²) in [6, 6.07) is 13.1. The van der Waals surface area contributed by atoms with Crippen LogP contribution in [-0.2, 0) is 22.4 Å². The number of hydrogen-bond donors (Lipinski definition) is 2. The van der Waals surface area contributed by atoms with E-state index in [0.29, 0.717) is 30.3 Å². The standard InChI is InChI=1S/C23H26N4O4S/c1-2-12-27(22(30)19-9-6-13-31-19)15-21(29)26-23-25-18(16-32-23)14-20(28)24-11-10-17-7-4-3-5-8-17/h3-9,13,16H,2,10-12,14-15H2,1H3,(H,24,28)(H,25,26,29). The number of nitrogens with zero attached hydrogens (tertiary/aromatic N) is 2. The zero-order valence-corrected chi connectivity index (χ0v) is 18.7. The normalized spacial score (nSPS) is 10.5. The maximum Gasteiger partial charge on any atom is 0.290 e. The van der Waals surface area contributed by atoms with Crippen LogP contribution in [0, 0.1) is 0 Å². The minimum Gasteiger partial charge on any atom is -0.459 e. The highest BCUT2D eigenvalue weighted by molar-refractivity contribution is 7.13. The lowest BCUT2D eigenvalue weighted by Gasteiger charge is -2.20. The monoisotopic (exact) mass is 454 g/mol. The maximum absolute atomic E-state index is 12.5. The molecule has 0 aliphatic heterocycles. The van der Waals surface area contributed by atoms with Crippen molar-refractivity contribution >= 4 is 34.2 Å². The van der Waals surface area contributed by atoms with Crippen molar-refractivity contribution in [3.8, 4) is 0 Å². The summed E-state index contributed by atoms with van der Waals surface area (Å²) in [5.41, 5.74) is 1.74. The van der Waals surface area contributed by atoms with Crippen LogP contribution in [-0.4, -0.2) is 47.2 Å². The number of anilines is 1. The molecule has 3 rings (SSSR count). The Morgan fingerprint density at radius 3 is 2.62 bits per heavy atom. The van der Waals surface area contributed by atoms with Gasteiger partial charge in [-0.2, -0.15) is 0 Å². The smallest absolute Gasteiger partial charge is 0.290 e. The molecule has 0 radical (unpaired) electrons. The number of carbonyl (C=O) groups is 3. The van der Waals surface area contributed by atoms with Crippen LogP contribution in [0.25, 0.3) is 0 Å². The predicted molar refractivity (Wildman–Crippen MR) is 123 cm³/mol. The predicted octanol–water partition coefficient (Wildman–Crippen LogP) is 3.13. The summed E-state index contributed by atoms with van der Waals surface area (Å²) in [7, 11) is 0. The molecule has 2 aromatic heterocycles. The van der Waals surface area contributed by atoms with E-state index in [0.717, 1.165) is 12.0 Å². The Balaban J connectivity index is 1.45. The van der Waals surface area contributed by atoms with Crippen molar-refractivity contribution in [1.29, 1.82) is 0 Å². The molecule has 0 fully saturated rings. The van der Waals surface area contributed by atoms with Crippen molar-refractivity contribution in [2.45, 2.75) is 26.2 Å². The number of carbonyl (C=O) groups excluding carboxylic acids is 3. The number of hydrogen-bond acceptors (Lipinski definition) is 6. The Labute approximate surface area is 190 Å². The van der Waals surface area contributed by atoms with Gasteiger partial charge in [0.2, 0.25) is 11.8 Å². The van der Waals surface area contributed by atoms with Gasteiger partial charge in [-0.15, -0.1) is 11.3 Å². The van der Waals surface area contributed by atoms with Gasteiger partial charge in [0.1, 0.15) is 6.54 Å². The van der Waals surface area contributed by atoms with Gasteiger partial charge in [0.15, 0.2) is 10.9 Å². The Kier molecular flexibility index (Phi) is 8.56. The molecule has 0 aliphatic rings. The summed E-state index contributed by atoms with van der Waals surface area (Å²) in [4.78, 5) is 42.8. The number of aromatic nitrogens is 1. The van der Waals surface area contributed by atoms with E-state index in [2.05, 4.69) is 15.6 Å². The van der Waals surface area contributed by atoms with Crippen LogP contribution in [0.3, 0.4) is 0 Å². The minimum atomic E-state index is -0.355. The molecule has 0 unspecified atom stereocenters. The summed E-state index contributed by atoms with van der Waals surface area (Å²) in [5, 5.41) is 7.72. The molecule has 0 spiro atoms. The first-order valence-corrected chi connectivity index (χ1v) is 11.3. The van der Waals surface area contributed by atoms with Crippen molar-refractivity contribution in [2.24, 2.45) is 0 Å². The summed E-state index contributed by atoms with van der Waals surface area (Å²) in [6.45, 7) is 2.80. The Morgan fingerprint density at radius 1 is 1.09 bits per heavy atom. The van der Waals surface area contributed by atoms with Gasteiger partial charge in [-0.1, -0.05) is 37.3 Å². The lowest BCUT2D eigenvalue weighted by Crippen LogP contribution is -2.38. The van der Waals surface area contributed by atoms with Gasteiger partial charge in [-0.05, 0) is 30.5 Å². The molecule has 0 bridgehead atoms. The minimum absolute atomic E-state index is 0.109. The Hall–Kier alpha value is -3.46. The van der Waals surface area contributed by atoms with Crippen LogP contribution in [0.15, 0.2) is 58.5 Å². The molecule has 9 heteroatoms. The molecule has 0 saturated carbocycles. The second kappa shape index (κ2) is 11.8. The molecular formula is C23H26N4O4S. The molecule has 1 aromatic carbocycles. The van der Waals surface area contributed by atoms with E-state index in [1.54, 1.807) is 17.5 Å². The van der Waals surface area contributed by atoms with Gasteiger partial charge in [-0.3, -0.25) is 14.4 Å². The van der Waals surface area contributed by atoms with Gasteiger partial charge >= 0.3 is 0 Å². The molecule has 3 amide bonds. The highest BCUT2D eigenvalue weighted by atomic mass is 32.1. The van der Waals surface area contributed by atoms with Crippen LogP contribution >= 0.6 is 11.3 Å². The van der Waals surface area contributed by atoms with Crippen molar-refractivity contribution in [3.05, 3.63) is 71.1 Å². The van der Waals surface area contributed by atoms with Gasteiger partial charge < -0.3 is 20.0 Å². The molecule has 3 aromatic rings. The maximum atomic E-state index is 12.5. The fourth-order valence-corrected chi connectivity index (χ4v) is 3.80. The Bertz CT molecular complexity index is 1020. The summed E-state index contributed by atoms with van der Waals surface area (Å²) in [5.74, 6) is -0.617. The van der Waals surface area contributed by atoms with E-state index >= 15 is 0 Å². The largest absolute Gasteiger partial charge is 0.459 e. The third-order valence-electron chi connectivity index (χ3n) is 4.57. The van der Waals surface area contributed by atoms with E-state index in [1.165, 1.54) is 22.5 Å². The van der Waals surface area contributed by atoms with Gasteiger partial charge in [0.05, 0.1) is 18.4 Å². The molecule has 0 saturated heterocycles. The first-order valence-electron chi connectivity index (χ1n) is 10.4. The highest BCUT2D eigenvalue weighted by Crippen LogP contribution is 2.16. The lowest BCUT2D eigenvalue weighted by molar-refractivity contribution is -0.120. The van der Waals surface area contributed by atoms with E-state index in [9.17, 15) is 14.4 Å². The molecule has 0 aliphatic carbocycles. The Morgan fingerprint density at radius 2 is 1.91 bits per heavy atom.